The molecule has 31 heavy (non-hydrogen) atoms. The van der Waals surface area contributed by atoms with Gasteiger partial charge in [0.15, 0.2) is 11.5 Å². The Kier molecular flexibility index (Phi) is 5.21. The number of hydrogen-bond acceptors (Lipinski definition) is 6. The van der Waals surface area contributed by atoms with E-state index in [-0.39, 0.29) is 30.6 Å². The number of aromatic amines is 1. The number of benzene rings is 2. The van der Waals surface area contributed by atoms with E-state index in [1.54, 1.807) is 23.1 Å². The smallest absolute Gasteiger partial charge is 0.258 e. The van der Waals surface area contributed by atoms with E-state index in [1.807, 2.05) is 30.3 Å². The molecule has 1 amide bonds. The summed E-state index contributed by atoms with van der Waals surface area (Å²) in [6.45, 7) is 1.29. The molecule has 1 aliphatic heterocycles. The molecule has 1 saturated heterocycles. The van der Waals surface area contributed by atoms with Crippen LogP contribution < -0.4 is 5.56 Å². The molecule has 158 valence electrons. The summed E-state index contributed by atoms with van der Waals surface area (Å²) in [6, 6.07) is 14.9. The fourth-order valence-electron chi connectivity index (χ4n) is 3.97. The first-order valence-corrected chi connectivity index (χ1v) is 10.4. The lowest BCUT2D eigenvalue weighted by atomic mass is 9.97. The number of nitrogens with zero attached hydrogens (tertiary/aromatic N) is 3. The van der Waals surface area contributed by atoms with Gasteiger partial charge in [0.2, 0.25) is 5.91 Å². The van der Waals surface area contributed by atoms with E-state index in [2.05, 4.69) is 15.0 Å². The fraction of sp³-hybridized carbons (Fsp3) is 0.304. The van der Waals surface area contributed by atoms with E-state index in [4.69, 9.17) is 9.15 Å². The summed E-state index contributed by atoms with van der Waals surface area (Å²) in [4.78, 5) is 38.1. The average molecular weight is 418 g/mol. The molecule has 4 aromatic rings. The predicted octanol–water partition coefficient (Wildman–Crippen LogP) is 2.99. The van der Waals surface area contributed by atoms with Gasteiger partial charge >= 0.3 is 0 Å². The third-order valence-electron chi connectivity index (χ3n) is 5.63. The molecule has 3 heterocycles. The first-order valence-electron chi connectivity index (χ1n) is 10.4. The first kappa shape index (κ1) is 19.4. The molecule has 0 atom stereocenters. The first-order chi connectivity index (χ1) is 15.2. The van der Waals surface area contributed by atoms with Gasteiger partial charge in [-0.1, -0.05) is 24.3 Å². The molecule has 8 heteroatoms. The van der Waals surface area contributed by atoms with Crippen molar-refractivity contribution in [1.82, 2.24) is 19.9 Å². The average Bonchev–Trinajstić information content (AvgIpc) is 3.23. The molecule has 2 aromatic heterocycles. The van der Waals surface area contributed by atoms with Gasteiger partial charge in [-0.05, 0) is 37.1 Å². The Morgan fingerprint density at radius 2 is 1.81 bits per heavy atom. The van der Waals surface area contributed by atoms with Crippen molar-refractivity contribution in [2.45, 2.75) is 25.4 Å². The zero-order valence-corrected chi connectivity index (χ0v) is 16.9. The van der Waals surface area contributed by atoms with E-state index in [9.17, 15) is 9.59 Å². The summed E-state index contributed by atoms with van der Waals surface area (Å²) in [5, 5.41) is 0.532. The van der Waals surface area contributed by atoms with Crippen LogP contribution in [0.25, 0.3) is 22.0 Å². The SMILES string of the molecule is O=C(COCc1nc2ccccc2c(=O)[nH]1)N1CCC(c2nc3ccccc3o2)CC1. The molecule has 1 aliphatic rings. The third-order valence-corrected chi connectivity index (χ3v) is 5.63. The van der Waals surface area contributed by atoms with Crippen molar-refractivity contribution >= 4 is 27.9 Å². The molecule has 0 radical (unpaired) electrons. The highest BCUT2D eigenvalue weighted by Gasteiger charge is 2.27. The normalized spacial score (nSPS) is 15.0. The van der Waals surface area contributed by atoms with Crippen LogP contribution in [0, 0.1) is 0 Å². The van der Waals surface area contributed by atoms with Gasteiger partial charge in [0, 0.05) is 19.0 Å². The highest BCUT2D eigenvalue weighted by atomic mass is 16.5. The quantitative estimate of drug-likeness (QED) is 0.535. The lowest BCUT2D eigenvalue weighted by molar-refractivity contribution is -0.137. The Hall–Kier alpha value is -3.52. The summed E-state index contributed by atoms with van der Waals surface area (Å²) in [5.74, 6) is 1.30. The van der Waals surface area contributed by atoms with Gasteiger partial charge in [-0.2, -0.15) is 0 Å². The van der Waals surface area contributed by atoms with Crippen molar-refractivity contribution in [3.05, 3.63) is 70.6 Å². The monoisotopic (exact) mass is 418 g/mol. The fourth-order valence-corrected chi connectivity index (χ4v) is 3.97. The van der Waals surface area contributed by atoms with Crippen LogP contribution in [0.4, 0.5) is 0 Å². The van der Waals surface area contributed by atoms with Gasteiger partial charge in [0.25, 0.3) is 5.56 Å². The van der Waals surface area contributed by atoms with E-state index >= 15 is 0 Å². The summed E-state index contributed by atoms with van der Waals surface area (Å²) in [6.07, 6.45) is 1.61. The van der Waals surface area contributed by atoms with Gasteiger partial charge in [-0.25, -0.2) is 9.97 Å². The Balaban J connectivity index is 1.14. The molecule has 1 N–H and O–H groups in total. The second-order valence-corrected chi connectivity index (χ2v) is 7.70. The highest BCUT2D eigenvalue weighted by Crippen LogP contribution is 2.29. The second-order valence-electron chi connectivity index (χ2n) is 7.70. The van der Waals surface area contributed by atoms with Crippen molar-refractivity contribution in [2.75, 3.05) is 19.7 Å². The van der Waals surface area contributed by atoms with Gasteiger partial charge in [0.05, 0.1) is 10.9 Å². The van der Waals surface area contributed by atoms with Crippen LogP contribution in [0.2, 0.25) is 0 Å². The van der Waals surface area contributed by atoms with E-state index < -0.39 is 0 Å². The molecule has 8 nitrogen and oxygen atoms in total. The third kappa shape index (κ3) is 4.06. The van der Waals surface area contributed by atoms with Gasteiger partial charge in [0.1, 0.15) is 24.6 Å². The Labute approximate surface area is 177 Å². The molecular weight excluding hydrogens is 396 g/mol. The molecule has 0 saturated carbocycles. The molecule has 0 aliphatic carbocycles. The molecule has 0 bridgehead atoms. The number of likely N-dealkylation sites (tertiary alicyclic amines) is 1. The maximum absolute atomic E-state index is 12.5. The minimum Gasteiger partial charge on any atom is -0.440 e. The number of piperidine rings is 1. The number of carbonyl (C=O) groups is 1. The number of amides is 1. The minimum atomic E-state index is -0.211. The number of rotatable bonds is 5. The van der Waals surface area contributed by atoms with Crippen molar-refractivity contribution in [3.8, 4) is 0 Å². The second kappa shape index (κ2) is 8.31. The van der Waals surface area contributed by atoms with Crippen molar-refractivity contribution < 1.29 is 13.9 Å². The van der Waals surface area contributed by atoms with Crippen LogP contribution in [0.15, 0.2) is 57.7 Å². The van der Waals surface area contributed by atoms with Crippen LogP contribution in [0.3, 0.4) is 0 Å². The Morgan fingerprint density at radius 1 is 1.06 bits per heavy atom. The molecule has 2 aromatic carbocycles. The molecule has 1 fully saturated rings. The van der Waals surface area contributed by atoms with E-state index in [1.165, 1.54) is 0 Å². The standard InChI is InChI=1S/C23H22N4O4/c28-21(14-30-13-20-24-17-6-2-1-5-16(17)22(29)26-20)27-11-9-15(10-12-27)23-25-18-7-3-4-8-19(18)31-23/h1-8,15H,9-14H2,(H,24,26,29). The van der Waals surface area contributed by atoms with Crippen molar-refractivity contribution in [3.63, 3.8) is 0 Å². The molecular formula is C23H22N4O4. The summed E-state index contributed by atoms with van der Waals surface area (Å²) >= 11 is 0. The number of ether oxygens (including phenoxy) is 1. The number of H-pyrrole nitrogens is 1. The van der Waals surface area contributed by atoms with Crippen molar-refractivity contribution in [2.24, 2.45) is 0 Å². The summed E-state index contributed by atoms with van der Waals surface area (Å²) in [7, 11) is 0. The van der Waals surface area contributed by atoms with Gasteiger partial charge < -0.3 is 19.0 Å². The number of hydrogen-bond donors (Lipinski definition) is 1. The number of para-hydroxylation sites is 3. The zero-order valence-electron chi connectivity index (χ0n) is 16.9. The lowest BCUT2D eigenvalue weighted by Crippen LogP contribution is -2.40. The number of nitrogens with one attached hydrogen (secondary N) is 1. The number of carbonyl (C=O) groups excluding carboxylic acids is 1. The van der Waals surface area contributed by atoms with Crippen LogP contribution in [-0.2, 0) is 16.1 Å². The van der Waals surface area contributed by atoms with Crippen LogP contribution >= 0.6 is 0 Å². The highest BCUT2D eigenvalue weighted by molar-refractivity contribution is 5.78. The predicted molar refractivity (Wildman–Crippen MR) is 115 cm³/mol. The largest absolute Gasteiger partial charge is 0.440 e. The number of aromatic nitrogens is 3. The maximum atomic E-state index is 12.5. The van der Waals surface area contributed by atoms with E-state index in [0.29, 0.717) is 29.8 Å². The molecule has 5 rings (SSSR count). The van der Waals surface area contributed by atoms with E-state index in [0.717, 1.165) is 29.8 Å². The number of fused-ring (bicyclic) bond motifs is 2. The van der Waals surface area contributed by atoms with Gasteiger partial charge in [-0.15, -0.1) is 0 Å². The summed E-state index contributed by atoms with van der Waals surface area (Å²) in [5.41, 5.74) is 2.06. The van der Waals surface area contributed by atoms with Gasteiger partial charge in [-0.3, -0.25) is 9.59 Å². The van der Waals surface area contributed by atoms with Crippen LogP contribution in [-0.4, -0.2) is 45.5 Å². The minimum absolute atomic E-state index is 0.0515. The topological polar surface area (TPSA) is 101 Å². The van der Waals surface area contributed by atoms with Crippen molar-refractivity contribution in [1.29, 1.82) is 0 Å². The lowest BCUT2D eigenvalue weighted by Gasteiger charge is -2.30. The Bertz CT molecular complexity index is 1250. The summed E-state index contributed by atoms with van der Waals surface area (Å²) < 4.78 is 11.4. The van der Waals surface area contributed by atoms with Crippen LogP contribution in [0.1, 0.15) is 30.5 Å². The zero-order chi connectivity index (χ0) is 21.2. The molecule has 0 spiro atoms. The molecule has 0 unspecified atom stereocenters. The maximum Gasteiger partial charge on any atom is 0.258 e. The van der Waals surface area contributed by atoms with Crippen LogP contribution in [0.5, 0.6) is 0 Å². The number of oxazole rings is 1. The Morgan fingerprint density at radius 3 is 2.61 bits per heavy atom.